The Morgan fingerprint density at radius 1 is 1.15 bits per heavy atom. The van der Waals surface area contributed by atoms with Crippen LogP contribution in [-0.4, -0.2) is 18.4 Å². The van der Waals surface area contributed by atoms with Crippen LogP contribution in [-0.2, 0) is 4.79 Å². The summed E-state index contributed by atoms with van der Waals surface area (Å²) in [5.74, 6) is 0.0210. The molecule has 0 aromatic heterocycles. The first-order valence-electron chi connectivity index (χ1n) is 9.28. The van der Waals surface area contributed by atoms with Crippen LogP contribution < -0.4 is 10.2 Å². The van der Waals surface area contributed by atoms with E-state index in [1.165, 1.54) is 11.1 Å². The lowest BCUT2D eigenvalue weighted by Crippen LogP contribution is -2.29. The summed E-state index contributed by atoms with van der Waals surface area (Å²) < 4.78 is 0. The van der Waals surface area contributed by atoms with Crippen LogP contribution in [0.2, 0.25) is 0 Å². The third-order valence-corrected chi connectivity index (χ3v) is 5.14. The van der Waals surface area contributed by atoms with E-state index in [-0.39, 0.29) is 17.9 Å². The number of hydrogen-bond acceptors (Lipinski definition) is 2. The molecule has 0 radical (unpaired) electrons. The molecule has 3 rings (SSSR count). The van der Waals surface area contributed by atoms with Crippen molar-refractivity contribution in [3.63, 3.8) is 0 Å². The highest BCUT2D eigenvalue weighted by molar-refractivity contribution is 5.99. The van der Waals surface area contributed by atoms with E-state index in [0.29, 0.717) is 12.0 Å². The van der Waals surface area contributed by atoms with E-state index in [0.717, 1.165) is 30.6 Å². The maximum atomic E-state index is 12.8. The SMILES string of the molecule is CC[C@@H](NC(=O)c1cccc(N2CCCC2=O)c1)c1ccc(C)c(C)c1. The molecule has 1 saturated heterocycles. The largest absolute Gasteiger partial charge is 0.345 e. The van der Waals surface area contributed by atoms with E-state index in [2.05, 4.69) is 44.3 Å². The summed E-state index contributed by atoms with van der Waals surface area (Å²) >= 11 is 0. The fraction of sp³-hybridized carbons (Fsp3) is 0.364. The van der Waals surface area contributed by atoms with Crippen LogP contribution in [0.15, 0.2) is 42.5 Å². The zero-order valence-electron chi connectivity index (χ0n) is 15.7. The number of rotatable bonds is 5. The van der Waals surface area contributed by atoms with Gasteiger partial charge in [-0.1, -0.05) is 31.2 Å². The summed E-state index contributed by atoms with van der Waals surface area (Å²) in [5, 5.41) is 3.13. The molecule has 0 aliphatic carbocycles. The molecule has 0 bridgehead atoms. The highest BCUT2D eigenvalue weighted by atomic mass is 16.2. The molecule has 2 aromatic rings. The Hall–Kier alpha value is -2.62. The average Bonchev–Trinajstić information content (AvgIpc) is 3.08. The van der Waals surface area contributed by atoms with Gasteiger partial charge in [0.05, 0.1) is 6.04 Å². The molecule has 2 aromatic carbocycles. The minimum atomic E-state index is -0.108. The molecular formula is C22H26N2O2. The first-order valence-corrected chi connectivity index (χ1v) is 9.28. The molecule has 4 nitrogen and oxygen atoms in total. The minimum absolute atomic E-state index is 0.0288. The predicted molar refractivity (Wildman–Crippen MR) is 104 cm³/mol. The highest BCUT2D eigenvalue weighted by Gasteiger charge is 2.22. The molecule has 1 fully saturated rings. The number of nitrogens with one attached hydrogen (secondary N) is 1. The van der Waals surface area contributed by atoms with Crippen molar-refractivity contribution in [1.82, 2.24) is 5.32 Å². The van der Waals surface area contributed by atoms with Crippen LogP contribution >= 0.6 is 0 Å². The number of hydrogen-bond donors (Lipinski definition) is 1. The van der Waals surface area contributed by atoms with E-state index in [4.69, 9.17) is 0 Å². The van der Waals surface area contributed by atoms with Crippen molar-refractivity contribution >= 4 is 17.5 Å². The molecule has 1 atom stereocenters. The third kappa shape index (κ3) is 3.79. The molecule has 0 spiro atoms. The second-order valence-corrected chi connectivity index (χ2v) is 6.98. The van der Waals surface area contributed by atoms with Crippen molar-refractivity contribution < 1.29 is 9.59 Å². The Bertz CT molecular complexity index is 829. The lowest BCUT2D eigenvalue weighted by atomic mass is 9.99. The molecule has 0 unspecified atom stereocenters. The summed E-state index contributed by atoms with van der Waals surface area (Å²) in [4.78, 5) is 26.5. The lowest BCUT2D eigenvalue weighted by Gasteiger charge is -2.20. The molecule has 1 aliphatic rings. The molecular weight excluding hydrogens is 324 g/mol. The maximum Gasteiger partial charge on any atom is 0.251 e. The van der Waals surface area contributed by atoms with Crippen LogP contribution in [0.3, 0.4) is 0 Å². The second kappa shape index (κ2) is 7.73. The third-order valence-electron chi connectivity index (χ3n) is 5.14. The minimum Gasteiger partial charge on any atom is -0.345 e. The highest BCUT2D eigenvalue weighted by Crippen LogP contribution is 2.24. The van der Waals surface area contributed by atoms with Gasteiger partial charge in [0.15, 0.2) is 0 Å². The lowest BCUT2D eigenvalue weighted by molar-refractivity contribution is -0.117. The molecule has 136 valence electrons. The Morgan fingerprint density at radius 3 is 2.62 bits per heavy atom. The van der Waals surface area contributed by atoms with E-state index in [1.807, 2.05) is 18.2 Å². The van der Waals surface area contributed by atoms with Crippen molar-refractivity contribution in [3.05, 3.63) is 64.7 Å². The van der Waals surface area contributed by atoms with Crippen LogP contribution in [0.5, 0.6) is 0 Å². The van der Waals surface area contributed by atoms with Gasteiger partial charge in [-0.2, -0.15) is 0 Å². The normalized spacial score (nSPS) is 15.2. The Labute approximate surface area is 155 Å². The number of carbonyl (C=O) groups is 2. The first kappa shape index (κ1) is 18.2. The van der Waals surface area contributed by atoms with Gasteiger partial charge in [-0.25, -0.2) is 0 Å². The van der Waals surface area contributed by atoms with Gasteiger partial charge in [-0.05, 0) is 61.6 Å². The van der Waals surface area contributed by atoms with Crippen molar-refractivity contribution in [1.29, 1.82) is 0 Å². The van der Waals surface area contributed by atoms with Gasteiger partial charge in [0.25, 0.3) is 5.91 Å². The number of carbonyl (C=O) groups excluding carboxylic acids is 2. The van der Waals surface area contributed by atoms with Crippen LogP contribution in [0.1, 0.15) is 59.3 Å². The van der Waals surface area contributed by atoms with Gasteiger partial charge in [0.2, 0.25) is 5.91 Å². The van der Waals surface area contributed by atoms with Gasteiger partial charge < -0.3 is 10.2 Å². The molecule has 0 saturated carbocycles. The number of anilines is 1. The second-order valence-electron chi connectivity index (χ2n) is 6.98. The molecule has 2 amide bonds. The molecule has 1 aliphatic heterocycles. The summed E-state index contributed by atoms with van der Waals surface area (Å²) in [6, 6.07) is 13.6. The smallest absolute Gasteiger partial charge is 0.251 e. The summed E-state index contributed by atoms with van der Waals surface area (Å²) in [6.07, 6.45) is 2.28. The monoisotopic (exact) mass is 350 g/mol. The van der Waals surface area contributed by atoms with Crippen LogP contribution in [0, 0.1) is 13.8 Å². The van der Waals surface area contributed by atoms with Crippen molar-refractivity contribution in [2.75, 3.05) is 11.4 Å². The van der Waals surface area contributed by atoms with Gasteiger partial charge in [-0.3, -0.25) is 9.59 Å². The Kier molecular flexibility index (Phi) is 5.40. The van der Waals surface area contributed by atoms with Crippen molar-refractivity contribution in [2.24, 2.45) is 0 Å². The first-order chi connectivity index (χ1) is 12.5. The van der Waals surface area contributed by atoms with E-state index < -0.39 is 0 Å². The summed E-state index contributed by atoms with van der Waals surface area (Å²) in [5.41, 5.74) is 4.99. The standard InChI is InChI=1S/C22H26N2O2/c1-4-20(17-11-10-15(2)16(3)13-17)23-22(26)18-7-5-8-19(14-18)24-12-6-9-21(24)25/h5,7-8,10-11,13-14,20H,4,6,9,12H2,1-3H3,(H,23,26)/t20-/m1/s1. The van der Waals surface area contributed by atoms with Gasteiger partial charge in [0.1, 0.15) is 0 Å². The van der Waals surface area contributed by atoms with E-state index >= 15 is 0 Å². The van der Waals surface area contributed by atoms with Crippen LogP contribution in [0.25, 0.3) is 0 Å². The molecule has 1 N–H and O–H groups in total. The molecule has 1 heterocycles. The van der Waals surface area contributed by atoms with E-state index in [1.54, 1.807) is 11.0 Å². The number of aryl methyl sites for hydroxylation is 2. The molecule has 26 heavy (non-hydrogen) atoms. The Morgan fingerprint density at radius 2 is 1.96 bits per heavy atom. The fourth-order valence-corrected chi connectivity index (χ4v) is 3.38. The van der Waals surface area contributed by atoms with Gasteiger partial charge >= 0.3 is 0 Å². The quantitative estimate of drug-likeness (QED) is 0.873. The van der Waals surface area contributed by atoms with E-state index in [9.17, 15) is 9.59 Å². The van der Waals surface area contributed by atoms with Gasteiger partial charge in [0, 0.05) is 24.2 Å². The maximum absolute atomic E-state index is 12.8. The fourth-order valence-electron chi connectivity index (χ4n) is 3.38. The number of amides is 2. The van der Waals surface area contributed by atoms with Gasteiger partial charge in [-0.15, -0.1) is 0 Å². The average molecular weight is 350 g/mol. The molecule has 4 heteroatoms. The summed E-state index contributed by atoms with van der Waals surface area (Å²) in [6.45, 7) is 6.97. The topological polar surface area (TPSA) is 49.4 Å². The Balaban J connectivity index is 1.78. The van der Waals surface area contributed by atoms with Crippen LogP contribution in [0.4, 0.5) is 5.69 Å². The van der Waals surface area contributed by atoms with Crippen molar-refractivity contribution in [3.8, 4) is 0 Å². The van der Waals surface area contributed by atoms with Crippen molar-refractivity contribution in [2.45, 2.75) is 46.1 Å². The number of nitrogens with zero attached hydrogens (tertiary/aromatic N) is 1. The zero-order chi connectivity index (χ0) is 18.7. The summed E-state index contributed by atoms with van der Waals surface area (Å²) in [7, 11) is 0. The zero-order valence-corrected chi connectivity index (χ0v) is 15.7. The number of benzene rings is 2. The predicted octanol–water partition coefficient (Wildman–Crippen LogP) is 4.31.